The van der Waals surface area contributed by atoms with Crippen LogP contribution < -0.4 is 14.5 Å². The van der Waals surface area contributed by atoms with Crippen LogP contribution in [0.3, 0.4) is 0 Å². The van der Waals surface area contributed by atoms with Gasteiger partial charge in [0.1, 0.15) is 11.8 Å². The molecule has 3 aromatic carbocycles. The van der Waals surface area contributed by atoms with Crippen molar-refractivity contribution in [1.82, 2.24) is 0 Å². The van der Waals surface area contributed by atoms with Crippen molar-refractivity contribution in [3.05, 3.63) is 94.0 Å². The van der Waals surface area contributed by atoms with Crippen LogP contribution in [0.5, 0.6) is 5.75 Å². The molecular formula is C29H23BrN2O4. The van der Waals surface area contributed by atoms with E-state index in [1.165, 1.54) is 4.90 Å². The number of anilines is 2. The van der Waals surface area contributed by atoms with Crippen molar-refractivity contribution in [2.24, 2.45) is 11.8 Å². The minimum Gasteiger partial charge on any atom is -0.496 e. The summed E-state index contributed by atoms with van der Waals surface area (Å²) in [6, 6.07) is 19.0. The lowest BCUT2D eigenvalue weighted by atomic mass is 9.86. The monoisotopic (exact) mass is 542 g/mol. The molecule has 0 saturated carbocycles. The molecule has 180 valence electrons. The van der Waals surface area contributed by atoms with Crippen LogP contribution in [0, 0.1) is 18.8 Å². The highest BCUT2D eigenvalue weighted by molar-refractivity contribution is 9.10. The van der Waals surface area contributed by atoms with Gasteiger partial charge in [-0.2, -0.15) is 0 Å². The van der Waals surface area contributed by atoms with E-state index in [-0.39, 0.29) is 17.6 Å². The second-order valence-electron chi connectivity index (χ2n) is 9.37. The summed E-state index contributed by atoms with van der Waals surface area (Å²) >= 11 is 3.47. The smallest absolute Gasteiger partial charge is 0.240 e. The normalized spacial score (nSPS) is 24.0. The van der Waals surface area contributed by atoms with E-state index in [0.29, 0.717) is 21.5 Å². The van der Waals surface area contributed by atoms with Gasteiger partial charge in [0, 0.05) is 11.3 Å². The lowest BCUT2D eigenvalue weighted by Gasteiger charge is -2.36. The van der Waals surface area contributed by atoms with Crippen molar-refractivity contribution in [2.75, 3.05) is 16.9 Å². The van der Waals surface area contributed by atoms with Crippen molar-refractivity contribution in [3.63, 3.8) is 0 Å². The first kappa shape index (κ1) is 22.7. The van der Waals surface area contributed by atoms with E-state index in [0.717, 1.165) is 16.8 Å². The van der Waals surface area contributed by atoms with Gasteiger partial charge >= 0.3 is 0 Å². The number of hydrogen-bond donors (Lipinski definition) is 0. The summed E-state index contributed by atoms with van der Waals surface area (Å²) in [5.41, 5.74) is 3.84. The van der Waals surface area contributed by atoms with Crippen LogP contribution in [0.2, 0.25) is 0 Å². The predicted octanol–water partition coefficient (Wildman–Crippen LogP) is 5.04. The van der Waals surface area contributed by atoms with Crippen LogP contribution in [-0.4, -0.2) is 36.8 Å². The number of benzene rings is 3. The molecule has 3 aromatic rings. The fraction of sp³-hybridized carbons (Fsp3) is 0.207. The van der Waals surface area contributed by atoms with Gasteiger partial charge in [-0.05, 0) is 64.8 Å². The minimum absolute atomic E-state index is 0.201. The molecule has 0 N–H and O–H groups in total. The summed E-state index contributed by atoms with van der Waals surface area (Å²) in [4.78, 5) is 45.1. The molecule has 2 fully saturated rings. The molecule has 36 heavy (non-hydrogen) atoms. The van der Waals surface area contributed by atoms with Crippen molar-refractivity contribution < 1.29 is 19.1 Å². The summed E-state index contributed by atoms with van der Waals surface area (Å²) < 4.78 is 5.98. The fourth-order valence-corrected chi connectivity index (χ4v) is 6.29. The van der Waals surface area contributed by atoms with Gasteiger partial charge < -0.3 is 9.64 Å². The number of rotatable bonds is 4. The third-order valence-electron chi connectivity index (χ3n) is 7.41. The minimum atomic E-state index is -0.821. The van der Waals surface area contributed by atoms with Gasteiger partial charge in [0.15, 0.2) is 5.78 Å². The molecule has 0 bridgehead atoms. The van der Waals surface area contributed by atoms with Crippen molar-refractivity contribution in [3.8, 4) is 5.75 Å². The van der Waals surface area contributed by atoms with E-state index < -0.39 is 23.9 Å². The number of hydrogen-bond acceptors (Lipinski definition) is 5. The zero-order valence-corrected chi connectivity index (χ0v) is 21.3. The average Bonchev–Trinajstić information content (AvgIpc) is 3.37. The van der Waals surface area contributed by atoms with E-state index in [4.69, 9.17) is 4.74 Å². The Bertz CT molecular complexity index is 1450. The van der Waals surface area contributed by atoms with Crippen LogP contribution in [0.1, 0.15) is 21.5 Å². The Labute approximate surface area is 217 Å². The number of imide groups is 1. The highest BCUT2D eigenvalue weighted by Gasteiger charge is 2.64. The number of para-hydroxylation sites is 1. The summed E-state index contributed by atoms with van der Waals surface area (Å²) in [7, 11) is 1.56. The molecule has 4 unspecified atom stereocenters. The van der Waals surface area contributed by atoms with E-state index >= 15 is 0 Å². The summed E-state index contributed by atoms with van der Waals surface area (Å²) in [6.07, 6.45) is 3.94. The number of carbonyl (C=O) groups is 3. The highest BCUT2D eigenvalue weighted by atomic mass is 79.9. The molecule has 3 aliphatic rings. The maximum atomic E-state index is 14.1. The number of Topliss-reactive ketones (excluding diaryl/α,β-unsaturated/α-hetero) is 1. The molecular weight excluding hydrogens is 520 g/mol. The summed E-state index contributed by atoms with van der Waals surface area (Å²) in [5.74, 6) is -1.64. The first-order valence-corrected chi connectivity index (χ1v) is 12.6. The largest absolute Gasteiger partial charge is 0.496 e. The second kappa shape index (κ2) is 8.45. The van der Waals surface area contributed by atoms with Crippen LogP contribution in [0.4, 0.5) is 11.4 Å². The van der Waals surface area contributed by atoms with E-state index in [1.54, 1.807) is 37.4 Å². The Balaban J connectivity index is 1.48. The predicted molar refractivity (Wildman–Crippen MR) is 141 cm³/mol. The lowest BCUT2D eigenvalue weighted by molar-refractivity contribution is -0.122. The molecule has 0 aliphatic carbocycles. The Morgan fingerprint density at radius 1 is 0.944 bits per heavy atom. The molecule has 0 aromatic heterocycles. The molecule has 7 heteroatoms. The SMILES string of the molecule is COc1ccc(C(=O)C2C3C(=O)N(c4ccc(C)cc4)C(=O)C3C3C=Cc4ccccc4N32)cc1Br. The van der Waals surface area contributed by atoms with Crippen LogP contribution in [0.15, 0.2) is 77.3 Å². The molecule has 6 nitrogen and oxygen atoms in total. The van der Waals surface area contributed by atoms with Crippen LogP contribution >= 0.6 is 15.9 Å². The molecule has 3 heterocycles. The number of ketones is 1. The highest BCUT2D eigenvalue weighted by Crippen LogP contribution is 2.50. The second-order valence-corrected chi connectivity index (χ2v) is 10.2. The number of fused-ring (bicyclic) bond motifs is 5. The van der Waals surface area contributed by atoms with E-state index in [2.05, 4.69) is 15.9 Å². The van der Waals surface area contributed by atoms with Gasteiger partial charge in [0.2, 0.25) is 11.8 Å². The number of carbonyl (C=O) groups excluding carboxylic acids is 3. The maximum absolute atomic E-state index is 14.1. The number of methoxy groups -OCH3 is 1. The third kappa shape index (κ3) is 3.26. The van der Waals surface area contributed by atoms with E-state index in [9.17, 15) is 14.4 Å². The van der Waals surface area contributed by atoms with Gasteiger partial charge in [0.25, 0.3) is 0 Å². The molecule has 2 amide bonds. The number of halogens is 1. The number of amides is 2. The topological polar surface area (TPSA) is 66.9 Å². The Morgan fingerprint density at radius 3 is 2.39 bits per heavy atom. The zero-order valence-electron chi connectivity index (χ0n) is 19.7. The maximum Gasteiger partial charge on any atom is 0.240 e. The molecule has 6 rings (SSSR count). The van der Waals surface area contributed by atoms with Gasteiger partial charge in [-0.1, -0.05) is 48.0 Å². The molecule has 3 aliphatic heterocycles. The van der Waals surface area contributed by atoms with Gasteiger partial charge in [-0.25, -0.2) is 4.90 Å². The summed E-state index contributed by atoms with van der Waals surface area (Å²) in [5, 5.41) is 0. The Kier molecular flexibility index (Phi) is 5.34. The van der Waals surface area contributed by atoms with Gasteiger partial charge in [-0.15, -0.1) is 0 Å². The van der Waals surface area contributed by atoms with Crippen LogP contribution in [0.25, 0.3) is 6.08 Å². The fourth-order valence-electron chi connectivity index (χ4n) is 5.75. The Morgan fingerprint density at radius 2 is 1.67 bits per heavy atom. The first-order valence-electron chi connectivity index (χ1n) is 11.8. The quantitative estimate of drug-likeness (QED) is 0.341. The first-order chi connectivity index (χ1) is 17.4. The number of nitrogens with zero attached hydrogens (tertiary/aromatic N) is 2. The molecule has 4 atom stereocenters. The molecule has 0 spiro atoms. The molecule has 0 radical (unpaired) electrons. The van der Waals surface area contributed by atoms with Crippen molar-refractivity contribution in [2.45, 2.75) is 19.0 Å². The average molecular weight is 543 g/mol. The third-order valence-corrected chi connectivity index (χ3v) is 8.03. The zero-order chi connectivity index (χ0) is 25.1. The van der Waals surface area contributed by atoms with Crippen molar-refractivity contribution >= 4 is 51.0 Å². The summed E-state index contributed by atoms with van der Waals surface area (Å²) in [6.45, 7) is 1.95. The Hall–Kier alpha value is -3.71. The van der Waals surface area contributed by atoms with Crippen molar-refractivity contribution in [1.29, 1.82) is 0 Å². The van der Waals surface area contributed by atoms with Gasteiger partial charge in [-0.3, -0.25) is 14.4 Å². The standard InChI is InChI=1S/C29H23BrN2O4/c1-16-7-11-19(12-8-16)31-28(34)24-22-13-9-17-5-3-4-6-21(17)32(22)26(25(24)29(31)35)27(33)18-10-14-23(36-2)20(30)15-18/h3-15,22,24-26H,1-2H3. The lowest BCUT2D eigenvalue weighted by Crippen LogP contribution is -2.48. The molecule has 2 saturated heterocycles. The number of ether oxygens (including phenoxy) is 1. The van der Waals surface area contributed by atoms with Crippen LogP contribution in [-0.2, 0) is 9.59 Å². The van der Waals surface area contributed by atoms with Gasteiger partial charge in [0.05, 0.1) is 35.1 Å². The van der Waals surface area contributed by atoms with E-state index in [1.807, 2.05) is 60.4 Å². The number of aryl methyl sites for hydroxylation is 1.